The summed E-state index contributed by atoms with van der Waals surface area (Å²) in [6, 6.07) is 21.1. The van der Waals surface area contributed by atoms with Crippen molar-refractivity contribution >= 4 is 28.5 Å². The zero-order valence-electron chi connectivity index (χ0n) is 24.8. The maximum Gasteiger partial charge on any atom is 0.322 e. The minimum absolute atomic E-state index is 0.0938. The second-order valence-electron chi connectivity index (χ2n) is 10.0. The average molecular weight is 573 g/mol. The van der Waals surface area contributed by atoms with Crippen LogP contribution in [0.3, 0.4) is 0 Å². The molecule has 0 saturated carbocycles. The van der Waals surface area contributed by atoms with Gasteiger partial charge in [-0.1, -0.05) is 43.3 Å². The standard InChI is InChI=1S/C33H40N4O5/c1-5-24-10-13-27(14-11-24)35-33(39)37(18-19-40-2)23-32(38)36(22-25-12-15-30(41-3)31(20-25)42-4)17-16-26-21-34-29-9-7-6-8-28(26)29/h6-15,20-21,34H,5,16-19,22-23H2,1-4H3,(H,35,39). The van der Waals surface area contributed by atoms with Crippen molar-refractivity contribution in [2.24, 2.45) is 0 Å². The minimum atomic E-state index is -0.354. The van der Waals surface area contributed by atoms with Crippen molar-refractivity contribution in [2.75, 3.05) is 52.9 Å². The Kier molecular flexibility index (Phi) is 10.8. The first kappa shape index (κ1) is 30.5. The molecule has 9 heteroatoms. The number of fused-ring (bicyclic) bond motifs is 1. The van der Waals surface area contributed by atoms with E-state index in [0.29, 0.717) is 43.3 Å². The Morgan fingerprint density at radius 1 is 0.857 bits per heavy atom. The van der Waals surface area contributed by atoms with Crippen LogP contribution in [0.15, 0.2) is 72.9 Å². The number of aryl methyl sites for hydroxylation is 1. The monoisotopic (exact) mass is 572 g/mol. The quantitative estimate of drug-likeness (QED) is 0.208. The van der Waals surface area contributed by atoms with Crippen molar-refractivity contribution in [3.05, 3.63) is 89.6 Å². The number of rotatable bonds is 14. The summed E-state index contributed by atoms with van der Waals surface area (Å²) in [7, 11) is 4.75. The Morgan fingerprint density at radius 3 is 2.31 bits per heavy atom. The van der Waals surface area contributed by atoms with Crippen LogP contribution in [0.2, 0.25) is 0 Å². The Hall–Kier alpha value is -4.50. The van der Waals surface area contributed by atoms with E-state index in [4.69, 9.17) is 14.2 Å². The van der Waals surface area contributed by atoms with E-state index in [1.165, 1.54) is 10.5 Å². The highest BCUT2D eigenvalue weighted by atomic mass is 16.5. The van der Waals surface area contributed by atoms with E-state index in [-0.39, 0.29) is 25.0 Å². The van der Waals surface area contributed by atoms with Gasteiger partial charge in [0.2, 0.25) is 5.91 Å². The lowest BCUT2D eigenvalue weighted by Crippen LogP contribution is -2.46. The van der Waals surface area contributed by atoms with E-state index in [2.05, 4.69) is 23.3 Å². The van der Waals surface area contributed by atoms with Crippen LogP contribution in [0.4, 0.5) is 10.5 Å². The molecule has 0 radical (unpaired) electrons. The molecule has 1 heterocycles. The van der Waals surface area contributed by atoms with Crippen LogP contribution in [0.25, 0.3) is 10.9 Å². The smallest absolute Gasteiger partial charge is 0.322 e. The predicted octanol–water partition coefficient (Wildman–Crippen LogP) is 5.50. The molecule has 3 aromatic carbocycles. The van der Waals surface area contributed by atoms with Crippen molar-refractivity contribution in [3.8, 4) is 11.5 Å². The fourth-order valence-electron chi connectivity index (χ4n) is 4.83. The number of anilines is 1. The number of nitrogens with zero attached hydrogens (tertiary/aromatic N) is 2. The van der Waals surface area contributed by atoms with Gasteiger partial charge in [0.15, 0.2) is 11.5 Å². The molecule has 0 spiro atoms. The number of carbonyl (C=O) groups excluding carboxylic acids is 2. The molecule has 0 unspecified atom stereocenters. The SMILES string of the molecule is CCc1ccc(NC(=O)N(CCOC)CC(=O)N(CCc2c[nH]c3ccccc23)Cc2ccc(OC)c(OC)c2)cc1. The molecular weight excluding hydrogens is 532 g/mol. The first-order valence-corrected chi connectivity index (χ1v) is 14.1. The molecule has 42 heavy (non-hydrogen) atoms. The van der Waals surface area contributed by atoms with Gasteiger partial charge in [-0.15, -0.1) is 0 Å². The second kappa shape index (κ2) is 14.9. The van der Waals surface area contributed by atoms with E-state index in [1.54, 1.807) is 26.2 Å². The lowest BCUT2D eigenvalue weighted by molar-refractivity contribution is -0.132. The summed E-state index contributed by atoms with van der Waals surface area (Å²) in [6.45, 7) is 3.38. The number of methoxy groups -OCH3 is 3. The van der Waals surface area contributed by atoms with Crippen molar-refractivity contribution in [1.29, 1.82) is 0 Å². The van der Waals surface area contributed by atoms with Crippen LogP contribution in [-0.2, 0) is 28.9 Å². The number of H-pyrrole nitrogens is 1. The summed E-state index contributed by atoms with van der Waals surface area (Å²) in [6.07, 6.45) is 3.56. The zero-order chi connectivity index (χ0) is 29.9. The average Bonchev–Trinajstić information content (AvgIpc) is 3.44. The third-order valence-corrected chi connectivity index (χ3v) is 7.29. The molecule has 0 fully saturated rings. The number of hydrogen-bond acceptors (Lipinski definition) is 5. The van der Waals surface area contributed by atoms with Gasteiger partial charge in [0, 0.05) is 49.5 Å². The van der Waals surface area contributed by atoms with Gasteiger partial charge in [0.05, 0.1) is 20.8 Å². The number of para-hydroxylation sites is 1. The van der Waals surface area contributed by atoms with E-state index in [9.17, 15) is 9.59 Å². The zero-order valence-corrected chi connectivity index (χ0v) is 24.8. The molecule has 0 aliphatic rings. The topological polar surface area (TPSA) is 96.1 Å². The lowest BCUT2D eigenvalue weighted by atomic mass is 10.1. The number of urea groups is 1. The van der Waals surface area contributed by atoms with E-state index in [0.717, 1.165) is 28.5 Å². The highest BCUT2D eigenvalue weighted by Gasteiger charge is 2.23. The first-order valence-electron chi connectivity index (χ1n) is 14.1. The number of aromatic amines is 1. The number of aromatic nitrogens is 1. The van der Waals surface area contributed by atoms with Crippen LogP contribution in [0.1, 0.15) is 23.6 Å². The summed E-state index contributed by atoms with van der Waals surface area (Å²) in [5.41, 5.74) is 4.93. The summed E-state index contributed by atoms with van der Waals surface area (Å²) in [5, 5.41) is 4.06. The van der Waals surface area contributed by atoms with Crippen molar-refractivity contribution < 1.29 is 23.8 Å². The lowest BCUT2D eigenvalue weighted by Gasteiger charge is -2.28. The Labute approximate surface area is 247 Å². The van der Waals surface area contributed by atoms with Crippen LogP contribution < -0.4 is 14.8 Å². The van der Waals surface area contributed by atoms with Gasteiger partial charge in [-0.2, -0.15) is 0 Å². The molecule has 0 aliphatic carbocycles. The molecule has 1 aromatic heterocycles. The molecule has 222 valence electrons. The van der Waals surface area contributed by atoms with Crippen molar-refractivity contribution in [2.45, 2.75) is 26.3 Å². The van der Waals surface area contributed by atoms with Crippen LogP contribution in [0, 0.1) is 0 Å². The van der Waals surface area contributed by atoms with Crippen molar-refractivity contribution in [3.63, 3.8) is 0 Å². The number of hydrogen-bond donors (Lipinski definition) is 2. The number of ether oxygens (including phenoxy) is 3. The molecule has 0 atom stereocenters. The maximum absolute atomic E-state index is 13.9. The molecule has 0 saturated heterocycles. The third kappa shape index (κ3) is 7.82. The summed E-state index contributed by atoms with van der Waals surface area (Å²) in [5.74, 6) is 1.04. The molecular formula is C33H40N4O5. The molecule has 4 rings (SSSR count). The van der Waals surface area contributed by atoms with Crippen LogP contribution >= 0.6 is 0 Å². The normalized spacial score (nSPS) is 10.9. The van der Waals surface area contributed by atoms with Gasteiger partial charge in [0.1, 0.15) is 6.54 Å². The minimum Gasteiger partial charge on any atom is -0.493 e. The van der Waals surface area contributed by atoms with Crippen LogP contribution in [0.5, 0.6) is 11.5 Å². The number of amides is 3. The van der Waals surface area contributed by atoms with E-state index < -0.39 is 0 Å². The van der Waals surface area contributed by atoms with Gasteiger partial charge in [-0.25, -0.2) is 4.79 Å². The van der Waals surface area contributed by atoms with Gasteiger partial charge >= 0.3 is 6.03 Å². The molecule has 0 aliphatic heterocycles. The molecule has 9 nitrogen and oxygen atoms in total. The first-order chi connectivity index (χ1) is 20.4. The molecule has 4 aromatic rings. The third-order valence-electron chi connectivity index (χ3n) is 7.29. The number of nitrogens with one attached hydrogen (secondary N) is 2. The summed E-state index contributed by atoms with van der Waals surface area (Å²) >= 11 is 0. The predicted molar refractivity (Wildman–Crippen MR) is 165 cm³/mol. The van der Waals surface area contributed by atoms with Gasteiger partial charge in [-0.3, -0.25) is 4.79 Å². The Bertz CT molecular complexity index is 1470. The highest BCUT2D eigenvalue weighted by molar-refractivity contribution is 5.92. The molecule has 3 amide bonds. The fraction of sp³-hybridized carbons (Fsp3) is 0.333. The maximum atomic E-state index is 13.9. The Morgan fingerprint density at radius 2 is 1.60 bits per heavy atom. The second-order valence-corrected chi connectivity index (χ2v) is 10.0. The number of benzene rings is 3. The van der Waals surface area contributed by atoms with Gasteiger partial charge < -0.3 is 34.3 Å². The van der Waals surface area contributed by atoms with Crippen LogP contribution in [-0.4, -0.2) is 74.3 Å². The van der Waals surface area contributed by atoms with Crippen molar-refractivity contribution in [1.82, 2.24) is 14.8 Å². The summed E-state index contributed by atoms with van der Waals surface area (Å²) < 4.78 is 16.1. The largest absolute Gasteiger partial charge is 0.493 e. The molecule has 2 N–H and O–H groups in total. The number of carbonyl (C=O) groups is 2. The van der Waals surface area contributed by atoms with E-state index >= 15 is 0 Å². The van der Waals surface area contributed by atoms with Gasteiger partial charge in [-0.05, 0) is 59.9 Å². The van der Waals surface area contributed by atoms with Gasteiger partial charge in [0.25, 0.3) is 0 Å². The Balaban J connectivity index is 1.54. The van der Waals surface area contributed by atoms with E-state index in [1.807, 2.05) is 66.9 Å². The highest BCUT2D eigenvalue weighted by Crippen LogP contribution is 2.28. The molecule has 0 bridgehead atoms. The summed E-state index contributed by atoms with van der Waals surface area (Å²) in [4.78, 5) is 33.7. The fourth-order valence-corrected chi connectivity index (χ4v) is 4.83.